The van der Waals surface area contributed by atoms with Crippen LogP contribution in [-0.2, 0) is 0 Å². The first-order valence-electron chi connectivity index (χ1n) is 10.6. The molecule has 30 heavy (non-hydrogen) atoms. The van der Waals surface area contributed by atoms with E-state index in [1.54, 1.807) is 42.5 Å². The van der Waals surface area contributed by atoms with Crippen LogP contribution in [0, 0.1) is 29.5 Å². The Kier molecular flexibility index (Phi) is 6.14. The van der Waals surface area contributed by atoms with Crippen LogP contribution in [0.5, 0.6) is 5.75 Å². The molecule has 0 aromatic heterocycles. The lowest BCUT2D eigenvalue weighted by molar-refractivity contribution is 0.0735. The normalized spacial score (nSPS) is 18.5. The number of rotatable bonds is 3. The van der Waals surface area contributed by atoms with Crippen molar-refractivity contribution >= 4 is 16.7 Å². The highest BCUT2D eigenvalue weighted by Crippen LogP contribution is 2.30. The molecule has 0 heterocycles. The van der Waals surface area contributed by atoms with E-state index in [2.05, 4.69) is 18.8 Å². The van der Waals surface area contributed by atoms with Crippen LogP contribution in [0.3, 0.4) is 0 Å². The van der Waals surface area contributed by atoms with Gasteiger partial charge in [0.1, 0.15) is 11.6 Å². The maximum atomic E-state index is 13.8. The number of hydrogen-bond acceptors (Lipinski definition) is 2. The minimum atomic E-state index is -0.442. The first kappa shape index (κ1) is 20.2. The quantitative estimate of drug-likeness (QED) is 0.276. The van der Waals surface area contributed by atoms with Crippen molar-refractivity contribution in [2.24, 2.45) is 11.8 Å². The summed E-state index contributed by atoms with van der Waals surface area (Å²) in [4.78, 5) is 12.5. The number of hydrogen-bond donors (Lipinski definition) is 0. The Balaban J connectivity index is 1.39. The van der Waals surface area contributed by atoms with E-state index in [1.807, 2.05) is 12.1 Å². The molecule has 0 aliphatic heterocycles. The van der Waals surface area contributed by atoms with Crippen molar-refractivity contribution in [1.29, 1.82) is 0 Å². The third kappa shape index (κ3) is 4.71. The van der Waals surface area contributed by atoms with E-state index in [1.165, 1.54) is 38.2 Å². The maximum absolute atomic E-state index is 13.8. The van der Waals surface area contributed by atoms with Gasteiger partial charge in [-0.05, 0) is 85.5 Å². The molecule has 0 N–H and O–H groups in total. The first-order valence-corrected chi connectivity index (χ1v) is 10.6. The molecule has 0 unspecified atom stereocenters. The fraction of sp³-hybridized carbons (Fsp3) is 0.296. The van der Waals surface area contributed by atoms with Crippen LogP contribution in [0.2, 0.25) is 0 Å². The van der Waals surface area contributed by atoms with Crippen molar-refractivity contribution in [2.75, 3.05) is 0 Å². The standard InChI is InChI=1S/C27H25FO2/c1-2-19-6-8-20(9-7-19)10-11-21-12-14-22(15-13-21)27(29)30-24-16-17-25-23(18-24)4-3-5-26(25)28/h3-5,12-20H,2,6-9H2,1H3. The number of carbonyl (C=O) groups is 1. The fourth-order valence-electron chi connectivity index (χ4n) is 4.04. The van der Waals surface area contributed by atoms with E-state index < -0.39 is 5.97 Å². The molecule has 1 aliphatic carbocycles. The van der Waals surface area contributed by atoms with Crippen LogP contribution in [0.15, 0.2) is 60.7 Å². The predicted octanol–water partition coefficient (Wildman–Crippen LogP) is 6.77. The van der Waals surface area contributed by atoms with Gasteiger partial charge in [0.15, 0.2) is 0 Å². The Morgan fingerprint density at radius 3 is 2.53 bits per heavy atom. The Labute approximate surface area is 177 Å². The molecule has 0 atom stereocenters. The number of ether oxygens (including phenoxy) is 1. The molecule has 1 aliphatic rings. The largest absolute Gasteiger partial charge is 0.423 e. The van der Waals surface area contributed by atoms with Gasteiger partial charge < -0.3 is 4.74 Å². The summed E-state index contributed by atoms with van der Waals surface area (Å²) < 4.78 is 19.2. The highest BCUT2D eigenvalue weighted by molar-refractivity contribution is 5.92. The van der Waals surface area contributed by atoms with Crippen molar-refractivity contribution in [3.05, 3.63) is 77.6 Å². The SMILES string of the molecule is CCC1CCC(C#Cc2ccc(C(=O)Oc3ccc4c(F)cccc4c3)cc2)CC1. The van der Waals surface area contributed by atoms with Gasteiger partial charge in [0.25, 0.3) is 0 Å². The van der Waals surface area contributed by atoms with Gasteiger partial charge in [-0.15, -0.1) is 0 Å². The minimum Gasteiger partial charge on any atom is -0.423 e. The van der Waals surface area contributed by atoms with Crippen molar-refractivity contribution < 1.29 is 13.9 Å². The number of fused-ring (bicyclic) bond motifs is 1. The number of benzene rings is 3. The molecule has 3 aromatic rings. The van der Waals surface area contributed by atoms with Crippen LogP contribution in [0.1, 0.15) is 54.9 Å². The summed E-state index contributed by atoms with van der Waals surface area (Å²) in [6, 6.07) is 16.9. The monoisotopic (exact) mass is 400 g/mol. The smallest absolute Gasteiger partial charge is 0.343 e. The zero-order chi connectivity index (χ0) is 20.9. The summed E-state index contributed by atoms with van der Waals surface area (Å²) in [5, 5.41) is 1.20. The van der Waals surface area contributed by atoms with E-state index in [9.17, 15) is 9.18 Å². The lowest BCUT2D eigenvalue weighted by Crippen LogP contribution is -2.12. The summed E-state index contributed by atoms with van der Waals surface area (Å²) in [7, 11) is 0. The zero-order valence-electron chi connectivity index (χ0n) is 17.2. The Morgan fingerprint density at radius 1 is 1.03 bits per heavy atom. The molecule has 0 amide bonds. The molecule has 3 aromatic carbocycles. The highest BCUT2D eigenvalue weighted by atomic mass is 19.1. The zero-order valence-corrected chi connectivity index (χ0v) is 17.2. The van der Waals surface area contributed by atoms with E-state index in [-0.39, 0.29) is 5.82 Å². The molecule has 0 spiro atoms. The summed E-state index contributed by atoms with van der Waals surface area (Å²) in [5.41, 5.74) is 1.37. The summed E-state index contributed by atoms with van der Waals surface area (Å²) >= 11 is 0. The Bertz CT molecular complexity index is 1100. The van der Waals surface area contributed by atoms with Crippen LogP contribution in [0.25, 0.3) is 10.8 Å². The lowest BCUT2D eigenvalue weighted by atomic mass is 9.81. The second kappa shape index (κ2) is 9.13. The molecular formula is C27H25FO2. The van der Waals surface area contributed by atoms with Gasteiger partial charge in [0.2, 0.25) is 0 Å². The minimum absolute atomic E-state index is 0.291. The third-order valence-corrected chi connectivity index (χ3v) is 5.97. The van der Waals surface area contributed by atoms with Gasteiger partial charge >= 0.3 is 5.97 Å². The number of carbonyl (C=O) groups excluding carboxylic acids is 1. The molecule has 4 rings (SSSR count). The predicted molar refractivity (Wildman–Crippen MR) is 118 cm³/mol. The summed E-state index contributed by atoms with van der Waals surface area (Å²) in [5.74, 6) is 7.66. The van der Waals surface area contributed by atoms with Gasteiger partial charge in [-0.25, -0.2) is 9.18 Å². The Morgan fingerprint density at radius 2 is 1.80 bits per heavy atom. The molecule has 3 heteroatoms. The molecule has 1 fully saturated rings. The van der Waals surface area contributed by atoms with Crippen LogP contribution >= 0.6 is 0 Å². The van der Waals surface area contributed by atoms with Crippen LogP contribution < -0.4 is 4.74 Å². The van der Waals surface area contributed by atoms with Gasteiger partial charge in [-0.1, -0.05) is 37.3 Å². The first-order chi connectivity index (χ1) is 14.6. The molecule has 0 radical (unpaired) electrons. The number of esters is 1. The van der Waals surface area contributed by atoms with Crippen molar-refractivity contribution in [3.8, 4) is 17.6 Å². The second-order valence-electron chi connectivity index (χ2n) is 7.98. The van der Waals surface area contributed by atoms with Gasteiger partial charge in [-0.3, -0.25) is 0 Å². The van der Waals surface area contributed by atoms with E-state index in [0.717, 1.165) is 11.5 Å². The molecule has 0 bridgehead atoms. The van der Waals surface area contributed by atoms with E-state index in [0.29, 0.717) is 28.0 Å². The molecule has 2 nitrogen and oxygen atoms in total. The summed E-state index contributed by atoms with van der Waals surface area (Å²) in [6.45, 7) is 2.27. The fourth-order valence-corrected chi connectivity index (χ4v) is 4.04. The lowest BCUT2D eigenvalue weighted by Gasteiger charge is -2.24. The number of halogens is 1. The molecular weight excluding hydrogens is 375 g/mol. The molecule has 1 saturated carbocycles. The average Bonchev–Trinajstić information content (AvgIpc) is 2.78. The van der Waals surface area contributed by atoms with Gasteiger partial charge in [0, 0.05) is 16.9 Å². The van der Waals surface area contributed by atoms with Crippen molar-refractivity contribution in [1.82, 2.24) is 0 Å². The average molecular weight is 400 g/mol. The van der Waals surface area contributed by atoms with Crippen LogP contribution in [-0.4, -0.2) is 5.97 Å². The van der Waals surface area contributed by atoms with E-state index in [4.69, 9.17) is 4.74 Å². The van der Waals surface area contributed by atoms with E-state index >= 15 is 0 Å². The maximum Gasteiger partial charge on any atom is 0.343 e. The molecule has 0 saturated heterocycles. The second-order valence-corrected chi connectivity index (χ2v) is 7.98. The van der Waals surface area contributed by atoms with Crippen LogP contribution in [0.4, 0.5) is 4.39 Å². The Hall–Kier alpha value is -3.12. The highest BCUT2D eigenvalue weighted by Gasteiger charge is 2.18. The topological polar surface area (TPSA) is 26.3 Å². The molecule has 152 valence electrons. The van der Waals surface area contributed by atoms with Gasteiger partial charge in [0.05, 0.1) is 5.56 Å². The van der Waals surface area contributed by atoms with Crippen molar-refractivity contribution in [3.63, 3.8) is 0 Å². The third-order valence-electron chi connectivity index (χ3n) is 5.97. The van der Waals surface area contributed by atoms with Crippen molar-refractivity contribution in [2.45, 2.75) is 39.0 Å². The van der Waals surface area contributed by atoms with Gasteiger partial charge in [-0.2, -0.15) is 0 Å². The summed E-state index contributed by atoms with van der Waals surface area (Å²) in [6.07, 6.45) is 6.20.